The Hall–Kier alpha value is -2.19. The Labute approximate surface area is 203 Å². The predicted molar refractivity (Wildman–Crippen MR) is 126 cm³/mol. The van der Waals surface area contributed by atoms with Crippen LogP contribution in [-0.2, 0) is 9.20 Å². The van der Waals surface area contributed by atoms with Gasteiger partial charge in [0.25, 0.3) is 12.4 Å². The van der Waals surface area contributed by atoms with E-state index in [0.29, 0.717) is 18.1 Å². The number of benzene rings is 3. The van der Waals surface area contributed by atoms with Crippen molar-refractivity contribution in [2.45, 2.75) is 0 Å². The second-order valence-electron chi connectivity index (χ2n) is 6.24. The van der Waals surface area contributed by atoms with Gasteiger partial charge in [0.15, 0.2) is 0 Å². The molecule has 0 amide bonds. The molecule has 0 aromatic heterocycles. The number of hydrogen-bond donors (Lipinski definition) is 0. The summed E-state index contributed by atoms with van der Waals surface area (Å²) in [6, 6.07) is 25.9. The van der Waals surface area contributed by atoms with Crippen LogP contribution in [0.25, 0.3) is 0 Å². The number of amidine groups is 1. The number of nitro groups is 1. The van der Waals surface area contributed by atoms with E-state index in [1.165, 1.54) is 12.1 Å². The van der Waals surface area contributed by atoms with Gasteiger partial charge in [-0.2, -0.15) is 0 Å². The van der Waals surface area contributed by atoms with E-state index in [-0.39, 0.29) is 5.69 Å². The third-order valence-corrected chi connectivity index (χ3v) is 4.14. The van der Waals surface area contributed by atoms with Crippen LogP contribution in [0.4, 0.5) is 17.1 Å². The Morgan fingerprint density at radius 3 is 1.94 bits per heavy atom. The molecule has 0 atom stereocenters. The van der Waals surface area contributed by atoms with Crippen molar-refractivity contribution in [1.29, 1.82) is 0 Å². The zero-order valence-electron chi connectivity index (χ0n) is 16.2. The Morgan fingerprint density at radius 2 is 1.41 bits per heavy atom. The number of rotatable bonds is 4. The molecule has 1 heterocycles. The van der Waals surface area contributed by atoms with E-state index >= 15 is 0 Å². The fourth-order valence-corrected chi connectivity index (χ4v) is 2.77. The first-order valence-corrected chi connectivity index (χ1v) is 15.0. The van der Waals surface area contributed by atoms with Crippen molar-refractivity contribution >= 4 is 63.3 Å². The zero-order chi connectivity index (χ0) is 23.1. The third kappa shape index (κ3) is 7.45. The molecule has 0 saturated carbocycles. The maximum absolute atomic E-state index is 10.9. The first kappa shape index (κ1) is 24.5. The summed E-state index contributed by atoms with van der Waals surface area (Å²) in [6.07, 6.45) is 0. The Balaban J connectivity index is 0.000000523. The van der Waals surface area contributed by atoms with Gasteiger partial charge in [0.2, 0.25) is 11.5 Å². The second-order valence-corrected chi connectivity index (χ2v) is 17.2. The van der Waals surface area contributed by atoms with Crippen LogP contribution in [0.2, 0.25) is 0 Å². The Kier molecular flexibility index (Phi) is 8.48. The second kappa shape index (κ2) is 11.1. The number of halogens is 4. The Morgan fingerprint density at radius 1 is 0.875 bits per heavy atom. The molecule has 3 aromatic carbocycles. The summed E-state index contributed by atoms with van der Waals surface area (Å²) in [6.45, 7) is 0.463. The number of azo groups is 2. The average Bonchev–Trinajstić information content (AvgIpc) is 2.79. The van der Waals surface area contributed by atoms with E-state index in [9.17, 15) is 10.1 Å². The van der Waals surface area contributed by atoms with E-state index in [0.717, 1.165) is 11.4 Å². The first-order chi connectivity index (χ1) is 15.2. The van der Waals surface area contributed by atoms with Gasteiger partial charge >= 0.3 is 49.6 Å². The topological polar surface area (TPSA) is 74.1 Å². The van der Waals surface area contributed by atoms with Gasteiger partial charge in [0, 0.05) is 34.9 Å². The number of hydrogen-bond acceptors (Lipinski definition) is 5. The van der Waals surface area contributed by atoms with E-state index < -0.39 is 14.1 Å². The predicted octanol–water partition coefficient (Wildman–Crippen LogP) is 7.29. The van der Waals surface area contributed by atoms with Crippen LogP contribution in [0.5, 0.6) is 0 Å². The molecule has 12 heteroatoms. The molecule has 0 aliphatic carbocycles. The molecule has 4 rings (SSSR count). The molecule has 32 heavy (non-hydrogen) atoms. The van der Waals surface area contributed by atoms with Crippen molar-refractivity contribution in [1.82, 2.24) is 0 Å². The van der Waals surface area contributed by atoms with Crippen LogP contribution in [0.3, 0.4) is 0 Å². The molecule has 0 fully saturated rings. The van der Waals surface area contributed by atoms with Gasteiger partial charge < -0.3 is 0 Å². The van der Waals surface area contributed by atoms with Crippen LogP contribution >= 0.6 is 40.4 Å². The van der Waals surface area contributed by atoms with Crippen LogP contribution in [0.15, 0.2) is 95.1 Å². The molecule has 0 bridgehead atoms. The monoisotopic (exact) mass is 554 g/mol. The minimum absolute atomic E-state index is 0.0370. The molecule has 1 aliphatic rings. The molecule has 169 valence electrons. The summed E-state index contributed by atoms with van der Waals surface area (Å²) >= 11 is 0. The molecule has 3 aromatic rings. The number of nitro benzene ring substituents is 1. The number of nitrogens with zero attached hydrogens (tertiary/aromatic N) is 5. The summed E-state index contributed by atoms with van der Waals surface area (Å²) in [4.78, 5) is 10.5. The van der Waals surface area contributed by atoms with Crippen LogP contribution in [0.1, 0.15) is 5.56 Å². The van der Waals surface area contributed by atoms with Crippen molar-refractivity contribution in [3.05, 3.63) is 101 Å². The zero-order valence-corrected chi connectivity index (χ0v) is 20.3. The maximum atomic E-state index is 10.9. The molecule has 0 N–H and O–H groups in total. The van der Waals surface area contributed by atoms with E-state index in [1.807, 2.05) is 70.4 Å². The van der Waals surface area contributed by atoms with Crippen molar-refractivity contribution in [3.63, 3.8) is 0 Å². The molecular formula is C20H16Cl4FeN5O2. The van der Waals surface area contributed by atoms with E-state index in [4.69, 9.17) is 40.4 Å². The van der Waals surface area contributed by atoms with Gasteiger partial charge in [-0.25, -0.2) is 5.01 Å². The average molecular weight is 556 g/mol. The summed E-state index contributed by atoms with van der Waals surface area (Å²) < 4.78 is 1.86. The minimum atomic E-state index is -2.61. The molecule has 0 radical (unpaired) electrons. The number of anilines is 1. The van der Waals surface area contributed by atoms with Gasteiger partial charge in [-0.15, -0.1) is 5.10 Å². The number of hydrazone groups is 1. The third-order valence-electron chi connectivity index (χ3n) is 4.14. The molecule has 0 saturated heterocycles. The van der Waals surface area contributed by atoms with Gasteiger partial charge in [-0.3, -0.25) is 10.1 Å². The standard InChI is InChI=1S/C20H16N5O2.4ClH.Fe/c26-25(27)19-13-11-16(12-14-19)20-21-23(17-7-3-1-4-8-17)15-24(22-20)18-9-5-2-6-10-18;;;;;/h1-14H,15H2;4*1H;/q+1;;;;;+3/p-4. The van der Waals surface area contributed by atoms with Crippen LogP contribution in [-0.4, -0.2) is 22.1 Å². The summed E-state index contributed by atoms with van der Waals surface area (Å²) in [5.41, 5.74) is 2.62. The van der Waals surface area contributed by atoms with Crippen LogP contribution < -0.4 is 5.01 Å². The molecule has 7 nitrogen and oxygen atoms in total. The van der Waals surface area contributed by atoms with Crippen LogP contribution in [0, 0.1) is 10.1 Å². The van der Waals surface area contributed by atoms with Crippen molar-refractivity contribution < 1.29 is 18.8 Å². The quantitative estimate of drug-likeness (QED) is 0.147. The fourth-order valence-electron chi connectivity index (χ4n) is 2.77. The van der Waals surface area contributed by atoms with Crippen molar-refractivity contribution in [3.8, 4) is 0 Å². The molecule has 1 aliphatic heterocycles. The Bertz CT molecular complexity index is 1120. The summed E-state index contributed by atoms with van der Waals surface area (Å²) in [5, 5.41) is 22.0. The van der Waals surface area contributed by atoms with Crippen molar-refractivity contribution in [2.24, 2.45) is 10.2 Å². The normalized spacial score (nSPS) is 13.9. The molecule has 0 unspecified atom stereocenters. The SMILES string of the molecule is O=[N+]([O-])c1ccc(C2=NN(c3ccccc3)C[N+](c3ccccc3)=N2)cc1.[Cl][Fe-]([Cl])([Cl])[Cl]. The first-order valence-electron chi connectivity index (χ1n) is 8.94. The number of non-ortho nitro benzene ring substituents is 1. The van der Waals surface area contributed by atoms with Gasteiger partial charge in [0.1, 0.15) is 0 Å². The molecule has 0 spiro atoms. The summed E-state index contributed by atoms with van der Waals surface area (Å²) in [5.74, 6) is 0.490. The van der Waals surface area contributed by atoms with E-state index in [1.54, 1.807) is 12.1 Å². The fraction of sp³-hybridized carbons (Fsp3) is 0.0500. The van der Waals surface area contributed by atoms with Gasteiger partial charge in [-0.1, -0.05) is 41.1 Å². The molecular weight excluding hydrogens is 540 g/mol. The van der Waals surface area contributed by atoms with Crippen molar-refractivity contribution in [2.75, 3.05) is 11.7 Å². The van der Waals surface area contributed by atoms with Gasteiger partial charge in [0.05, 0.1) is 10.6 Å². The van der Waals surface area contributed by atoms with Gasteiger partial charge in [-0.05, 0) is 24.3 Å². The number of para-hydroxylation sites is 2. The van der Waals surface area contributed by atoms with E-state index in [2.05, 4.69) is 10.2 Å². The summed E-state index contributed by atoms with van der Waals surface area (Å²) in [7, 11) is 17.2.